The van der Waals surface area contributed by atoms with Crippen LogP contribution in [-0.2, 0) is 0 Å². The first-order chi connectivity index (χ1) is 20.2. The quantitative estimate of drug-likeness (QED) is 0.177. The summed E-state index contributed by atoms with van der Waals surface area (Å²) in [6.45, 7) is 8.26. The summed E-state index contributed by atoms with van der Waals surface area (Å²) in [5.41, 5.74) is 6.83. The molecule has 3 heterocycles. The van der Waals surface area contributed by atoms with E-state index in [4.69, 9.17) is 0 Å². The third-order valence-corrected chi connectivity index (χ3v) is 7.72. The summed E-state index contributed by atoms with van der Waals surface area (Å²) in [4.78, 5) is 8.32. The summed E-state index contributed by atoms with van der Waals surface area (Å²) in [7, 11) is 1.58. The number of nitrogens with zero attached hydrogens (tertiary/aromatic N) is 5. The predicted molar refractivity (Wildman–Crippen MR) is 156 cm³/mol. The number of pyridine rings is 2. The number of nitrogens with one attached hydrogen (secondary N) is 4. The number of hydrazine groups is 2. The minimum Gasteiger partial charge on any atom is -0.383 e. The Morgan fingerprint density at radius 2 is 1.84 bits per heavy atom. The number of aromatic nitrogens is 2. The van der Waals surface area contributed by atoms with Gasteiger partial charge in [-0.1, -0.05) is 26.8 Å². The topological polar surface area (TPSA) is 125 Å². The molecule has 9 nitrogen and oxygen atoms in total. The summed E-state index contributed by atoms with van der Waals surface area (Å²) in [5.74, 6) is -0.694. The molecule has 1 aliphatic carbocycles. The van der Waals surface area contributed by atoms with E-state index in [0.29, 0.717) is 56.9 Å². The van der Waals surface area contributed by atoms with Gasteiger partial charge in [0, 0.05) is 40.7 Å². The number of benzene rings is 1. The SMILES string of the molecule is BC1=C([C@@H](Nc2cc(C#N)c3ncc(C#N)c(NCC(C)(C)C)c3c2)c2ccc(F)nc2C)NNN1C1(C(F)(F)F)CC1. The van der Waals surface area contributed by atoms with Crippen molar-refractivity contribution in [3.8, 4) is 12.1 Å². The lowest BCUT2D eigenvalue weighted by Gasteiger charge is -2.32. The number of hydrogen-bond donors (Lipinski definition) is 4. The van der Waals surface area contributed by atoms with Crippen molar-refractivity contribution < 1.29 is 17.6 Å². The molecule has 14 heteroatoms. The van der Waals surface area contributed by atoms with Crippen LogP contribution in [0.2, 0.25) is 0 Å². The van der Waals surface area contributed by atoms with Crippen molar-refractivity contribution in [3.63, 3.8) is 0 Å². The average molecular weight is 591 g/mol. The zero-order valence-electron chi connectivity index (χ0n) is 24.3. The largest absolute Gasteiger partial charge is 0.413 e. The first-order valence-electron chi connectivity index (χ1n) is 13.7. The smallest absolute Gasteiger partial charge is 0.383 e. The highest BCUT2D eigenvalue weighted by molar-refractivity contribution is 6.22. The molecule has 1 aliphatic heterocycles. The van der Waals surface area contributed by atoms with Crippen LogP contribution in [0.1, 0.15) is 62.0 Å². The van der Waals surface area contributed by atoms with Gasteiger partial charge in [-0.15, -0.1) is 5.53 Å². The highest BCUT2D eigenvalue weighted by Crippen LogP contribution is 2.54. The Bertz CT molecular complexity index is 1710. The van der Waals surface area contributed by atoms with E-state index in [9.17, 15) is 28.1 Å². The van der Waals surface area contributed by atoms with Gasteiger partial charge in [0.05, 0.1) is 34.1 Å². The Morgan fingerprint density at radius 1 is 1.14 bits per heavy atom. The van der Waals surface area contributed by atoms with Crippen molar-refractivity contribution in [2.24, 2.45) is 5.41 Å². The molecule has 0 amide bonds. The van der Waals surface area contributed by atoms with E-state index < -0.39 is 23.7 Å². The van der Waals surface area contributed by atoms with Crippen molar-refractivity contribution in [3.05, 3.63) is 70.1 Å². The Kier molecular flexibility index (Phi) is 7.39. The van der Waals surface area contributed by atoms with E-state index in [1.54, 1.807) is 26.9 Å². The number of hydrogen-bond acceptors (Lipinski definition) is 9. The predicted octanol–water partition coefficient (Wildman–Crippen LogP) is 4.65. The summed E-state index contributed by atoms with van der Waals surface area (Å²) in [5, 5.41) is 28.1. The summed E-state index contributed by atoms with van der Waals surface area (Å²) in [6, 6.07) is 9.52. The molecule has 2 aromatic heterocycles. The van der Waals surface area contributed by atoms with Crippen molar-refractivity contribution in [2.45, 2.75) is 58.3 Å². The van der Waals surface area contributed by atoms with Crippen LogP contribution in [0.4, 0.5) is 28.9 Å². The molecule has 222 valence electrons. The van der Waals surface area contributed by atoms with Crippen LogP contribution in [0.3, 0.4) is 0 Å². The second-order valence-electron chi connectivity index (χ2n) is 12.1. The standard InChI is InChI=1S/C29H30BF4N9/c1-15-19(5-6-21(31)39-15)24(25-26(30)43(42-41-25)28(7-8-28)29(32,33)34)40-18-9-16(11-35)22-20(10-18)23(17(12-36)13-37-22)38-14-27(2,3)4/h5-6,9-10,13,24,40-42H,7-8,14,30H2,1-4H3,(H,37,38)/t24-/m0/s1. The molecule has 1 fully saturated rings. The molecule has 1 saturated carbocycles. The van der Waals surface area contributed by atoms with Crippen molar-refractivity contribution in [2.75, 3.05) is 17.2 Å². The zero-order valence-corrected chi connectivity index (χ0v) is 24.3. The van der Waals surface area contributed by atoms with Crippen LogP contribution < -0.4 is 21.6 Å². The van der Waals surface area contributed by atoms with Gasteiger partial charge in [0.25, 0.3) is 0 Å². The molecule has 3 aromatic rings. The summed E-state index contributed by atoms with van der Waals surface area (Å²) >= 11 is 0. The van der Waals surface area contributed by atoms with Crippen LogP contribution in [-0.4, -0.2) is 41.1 Å². The Morgan fingerprint density at radius 3 is 2.42 bits per heavy atom. The maximum absolute atomic E-state index is 14.0. The Balaban J connectivity index is 1.65. The molecular weight excluding hydrogens is 561 g/mol. The highest BCUT2D eigenvalue weighted by Gasteiger charge is 2.68. The lowest BCUT2D eigenvalue weighted by molar-refractivity contribution is -0.196. The summed E-state index contributed by atoms with van der Waals surface area (Å²) < 4.78 is 56.1. The molecule has 43 heavy (non-hydrogen) atoms. The maximum Gasteiger partial charge on any atom is 0.413 e. The monoisotopic (exact) mass is 591 g/mol. The molecular formula is C29H30BF4N9. The van der Waals surface area contributed by atoms with Crippen LogP contribution in [0, 0.1) is 40.9 Å². The highest BCUT2D eigenvalue weighted by atomic mass is 19.4. The molecule has 4 N–H and O–H groups in total. The minimum absolute atomic E-state index is 0.0558. The van der Waals surface area contributed by atoms with Crippen molar-refractivity contribution in [1.82, 2.24) is 25.9 Å². The Hall–Kier alpha value is -4.56. The van der Waals surface area contributed by atoms with Crippen LogP contribution in [0.25, 0.3) is 10.9 Å². The molecule has 0 saturated heterocycles. The molecule has 0 spiro atoms. The van der Waals surface area contributed by atoms with Gasteiger partial charge < -0.3 is 16.1 Å². The number of halogens is 4. The normalized spacial score (nSPS) is 16.8. The number of nitriles is 2. The zero-order chi connectivity index (χ0) is 31.3. The molecule has 2 aliphatic rings. The van der Waals surface area contributed by atoms with Gasteiger partial charge in [-0.05, 0) is 43.4 Å². The lowest BCUT2D eigenvalue weighted by Crippen LogP contribution is -2.53. The van der Waals surface area contributed by atoms with Crippen molar-refractivity contribution >= 4 is 30.1 Å². The first kappa shape index (κ1) is 29.9. The number of rotatable bonds is 7. The fourth-order valence-corrected chi connectivity index (χ4v) is 5.29. The first-order valence-corrected chi connectivity index (χ1v) is 13.7. The van der Waals surface area contributed by atoms with E-state index >= 15 is 0 Å². The van der Waals surface area contributed by atoms with Gasteiger partial charge in [0.15, 0.2) is 13.4 Å². The van der Waals surface area contributed by atoms with Gasteiger partial charge in [-0.3, -0.25) is 9.99 Å². The second kappa shape index (κ2) is 10.6. The fraction of sp³-hybridized carbons (Fsp3) is 0.379. The Labute approximate surface area is 247 Å². The van der Waals surface area contributed by atoms with Crippen LogP contribution >= 0.6 is 0 Å². The van der Waals surface area contributed by atoms with Gasteiger partial charge in [0.2, 0.25) is 5.95 Å². The van der Waals surface area contributed by atoms with Gasteiger partial charge in [0.1, 0.15) is 12.1 Å². The number of aryl methyl sites for hydroxylation is 1. The molecule has 5 rings (SSSR count). The van der Waals surface area contributed by atoms with E-state index in [1.165, 1.54) is 18.3 Å². The van der Waals surface area contributed by atoms with Crippen molar-refractivity contribution in [1.29, 1.82) is 10.5 Å². The molecule has 1 aromatic carbocycles. The van der Waals surface area contributed by atoms with E-state index in [-0.39, 0.29) is 23.8 Å². The molecule has 0 bridgehead atoms. The third-order valence-electron chi connectivity index (χ3n) is 7.72. The van der Waals surface area contributed by atoms with E-state index in [2.05, 4.69) is 43.7 Å². The molecule has 0 radical (unpaired) electrons. The van der Waals surface area contributed by atoms with Crippen LogP contribution in [0.15, 0.2) is 41.8 Å². The van der Waals surface area contributed by atoms with Gasteiger partial charge >= 0.3 is 6.18 Å². The average Bonchev–Trinajstić information content (AvgIpc) is 3.66. The lowest BCUT2D eigenvalue weighted by atomic mass is 9.92. The van der Waals surface area contributed by atoms with E-state index in [0.717, 1.165) is 5.01 Å². The number of anilines is 2. The molecule has 0 unspecified atom stereocenters. The minimum atomic E-state index is -4.46. The van der Waals surface area contributed by atoms with E-state index in [1.807, 2.05) is 20.8 Å². The van der Waals surface area contributed by atoms with Crippen LogP contribution in [0.5, 0.6) is 0 Å². The maximum atomic E-state index is 14.0. The summed E-state index contributed by atoms with van der Waals surface area (Å²) in [6.07, 6.45) is -3.15. The van der Waals surface area contributed by atoms with Gasteiger partial charge in [-0.25, -0.2) is 4.98 Å². The third kappa shape index (κ3) is 5.50. The second-order valence-corrected chi connectivity index (χ2v) is 12.1. The fourth-order valence-electron chi connectivity index (χ4n) is 5.29. The number of fused-ring (bicyclic) bond motifs is 1. The molecule has 1 atom stereocenters. The number of alkyl halides is 3. The van der Waals surface area contributed by atoms with Gasteiger partial charge in [-0.2, -0.15) is 28.1 Å².